The van der Waals surface area contributed by atoms with Crippen molar-refractivity contribution in [1.29, 1.82) is 0 Å². The van der Waals surface area contributed by atoms with E-state index in [1.807, 2.05) is 30.3 Å². The zero-order valence-corrected chi connectivity index (χ0v) is 34.1. The van der Waals surface area contributed by atoms with Crippen LogP contribution in [0.1, 0.15) is 81.9 Å². The van der Waals surface area contributed by atoms with Gasteiger partial charge in [-0.3, -0.25) is 19.2 Å². The predicted octanol–water partition coefficient (Wildman–Crippen LogP) is 4.55. The van der Waals surface area contributed by atoms with Gasteiger partial charge in [0.25, 0.3) is 5.56 Å². The summed E-state index contributed by atoms with van der Waals surface area (Å²) in [5.41, 5.74) is 1.26. The van der Waals surface area contributed by atoms with Gasteiger partial charge >= 0.3 is 23.9 Å². The van der Waals surface area contributed by atoms with Crippen LogP contribution in [0.2, 0.25) is 0 Å². The Morgan fingerprint density at radius 3 is 1.86 bits per heavy atom. The predicted molar refractivity (Wildman–Crippen MR) is 212 cm³/mol. The molecule has 1 aromatic carbocycles. The highest BCUT2D eigenvalue weighted by molar-refractivity contribution is 5.88. The molecule has 4 heterocycles. The third-order valence-corrected chi connectivity index (χ3v) is 9.89. The summed E-state index contributed by atoms with van der Waals surface area (Å²) >= 11 is 0. The van der Waals surface area contributed by atoms with Crippen molar-refractivity contribution in [2.45, 2.75) is 84.0 Å². The van der Waals surface area contributed by atoms with Crippen LogP contribution in [0.15, 0.2) is 41.2 Å². The fourth-order valence-electron chi connectivity index (χ4n) is 6.78. The summed E-state index contributed by atoms with van der Waals surface area (Å²) in [6.45, 7) is 7.79. The van der Waals surface area contributed by atoms with Gasteiger partial charge in [-0.05, 0) is 37.5 Å². The molecule has 2 aliphatic rings. The number of unbranched alkanes of at least 4 members (excludes halogenated alkanes) is 2. The highest BCUT2D eigenvalue weighted by atomic mass is 16.6. The van der Waals surface area contributed by atoms with Gasteiger partial charge in [-0.15, -0.1) is 0 Å². The molecule has 1 unspecified atom stereocenters. The second-order valence-corrected chi connectivity index (χ2v) is 14.0. The first-order valence-electron chi connectivity index (χ1n) is 20.5. The van der Waals surface area contributed by atoms with Crippen LogP contribution >= 0.6 is 0 Å². The van der Waals surface area contributed by atoms with Crippen molar-refractivity contribution in [2.24, 2.45) is 0 Å². The smallest absolute Gasteiger partial charge is 0.355 e. The van der Waals surface area contributed by atoms with Crippen LogP contribution in [0.3, 0.4) is 0 Å². The average Bonchev–Trinajstić information content (AvgIpc) is 3.59. The standard InChI is InChI=1S/C43H56N2O14/c1-3-5-6-12-37(46)56-25-23-54-21-19-52-17-15-51-16-18-53-20-22-55-24-26-57-38(47)13-9-14-39(48)59-43(4-2)34-28-36-40-32(27-31-10-7-8-11-35(31)44-40)29-45(36)41(49)33(34)30-58-42(43)50/h7-8,10-11,27-28H,3-6,9,12-26,29-30H2,1-2H3. The van der Waals surface area contributed by atoms with Crippen LogP contribution in [0, 0.1) is 0 Å². The fraction of sp³-hybridized carbons (Fsp3) is 0.581. The van der Waals surface area contributed by atoms with E-state index < -0.39 is 23.5 Å². The van der Waals surface area contributed by atoms with Crippen molar-refractivity contribution in [3.05, 3.63) is 63.4 Å². The SMILES string of the molecule is CCCCCC(=O)OCCOCCOCCOCCOCCOCCOC(=O)CCCC(=O)OC1(CC)C(=O)OCc2c1cc1n(c2=O)Cc2cc3ccccc3nc2-1. The lowest BCUT2D eigenvalue weighted by atomic mass is 9.85. The van der Waals surface area contributed by atoms with Crippen LogP contribution in [-0.2, 0) is 80.6 Å². The van der Waals surface area contributed by atoms with Gasteiger partial charge in [0.05, 0.1) is 95.1 Å². The number of aromatic nitrogens is 2. The molecule has 3 aromatic rings. The van der Waals surface area contributed by atoms with Crippen LogP contribution in [0.25, 0.3) is 22.3 Å². The minimum atomic E-state index is -1.81. The molecule has 16 nitrogen and oxygen atoms in total. The lowest BCUT2D eigenvalue weighted by Gasteiger charge is -2.35. The summed E-state index contributed by atoms with van der Waals surface area (Å²) in [6.07, 6.45) is 3.37. The number of hydrogen-bond donors (Lipinski definition) is 0. The Hall–Kier alpha value is -4.74. The number of pyridine rings is 2. The number of cyclic esters (lactones) is 1. The largest absolute Gasteiger partial charge is 0.463 e. The first kappa shape index (κ1) is 45.3. The Morgan fingerprint density at radius 2 is 1.27 bits per heavy atom. The average molecular weight is 825 g/mol. The van der Waals surface area contributed by atoms with Gasteiger partial charge in [0.2, 0.25) is 5.60 Å². The molecule has 1 atom stereocenters. The molecule has 0 bridgehead atoms. The molecule has 5 rings (SSSR count). The summed E-state index contributed by atoms with van der Waals surface area (Å²) < 4.78 is 50.4. The lowest BCUT2D eigenvalue weighted by Crippen LogP contribution is -2.47. The van der Waals surface area contributed by atoms with Crippen LogP contribution in [0.4, 0.5) is 0 Å². The molecule has 0 saturated carbocycles. The van der Waals surface area contributed by atoms with E-state index in [-0.39, 0.29) is 69.2 Å². The molecule has 0 fully saturated rings. The van der Waals surface area contributed by atoms with Gasteiger partial charge in [-0.25, -0.2) is 9.78 Å². The molecule has 0 saturated heterocycles. The van der Waals surface area contributed by atoms with E-state index in [1.165, 1.54) is 0 Å². The number of benzene rings is 1. The topological polar surface area (TPSA) is 186 Å². The van der Waals surface area contributed by atoms with E-state index in [0.717, 1.165) is 35.7 Å². The van der Waals surface area contributed by atoms with Gasteiger partial charge in [-0.2, -0.15) is 0 Å². The third kappa shape index (κ3) is 12.9. The highest BCUT2D eigenvalue weighted by Gasteiger charge is 2.50. The van der Waals surface area contributed by atoms with Gasteiger partial charge < -0.3 is 47.2 Å². The first-order valence-corrected chi connectivity index (χ1v) is 20.5. The van der Waals surface area contributed by atoms with E-state index in [0.29, 0.717) is 89.4 Å². The Bertz CT molecular complexity index is 1930. The minimum absolute atomic E-state index is 0.0409. The molecule has 16 heteroatoms. The molecular weight excluding hydrogens is 768 g/mol. The number of hydrogen-bond acceptors (Lipinski definition) is 15. The number of carbonyl (C=O) groups excluding carboxylic acids is 4. The van der Waals surface area contributed by atoms with Gasteiger partial charge in [-0.1, -0.05) is 44.9 Å². The Labute approximate surface area is 343 Å². The van der Waals surface area contributed by atoms with Crippen LogP contribution in [0.5, 0.6) is 0 Å². The number of fused-ring (bicyclic) bond motifs is 5. The van der Waals surface area contributed by atoms with Crippen LogP contribution < -0.4 is 5.56 Å². The highest BCUT2D eigenvalue weighted by Crippen LogP contribution is 2.41. The Kier molecular flexibility index (Phi) is 18.3. The normalized spacial score (nSPS) is 15.3. The number of esters is 4. The van der Waals surface area contributed by atoms with Crippen molar-refractivity contribution < 1.29 is 61.8 Å². The van der Waals surface area contributed by atoms with Crippen molar-refractivity contribution in [2.75, 3.05) is 79.3 Å². The van der Waals surface area contributed by atoms with Gasteiger partial charge in [0, 0.05) is 35.8 Å². The number of para-hydroxylation sites is 1. The summed E-state index contributed by atoms with van der Waals surface area (Å²) in [7, 11) is 0. The molecular formula is C43H56N2O14. The van der Waals surface area contributed by atoms with Gasteiger partial charge in [0.1, 0.15) is 19.8 Å². The van der Waals surface area contributed by atoms with Crippen LogP contribution in [-0.4, -0.2) is 113 Å². The van der Waals surface area contributed by atoms with Gasteiger partial charge in [0.15, 0.2) is 0 Å². The van der Waals surface area contributed by atoms with E-state index in [4.69, 9.17) is 47.6 Å². The number of ether oxygens (including phenoxy) is 9. The van der Waals surface area contributed by atoms with Crippen molar-refractivity contribution in [1.82, 2.24) is 9.55 Å². The molecule has 0 amide bonds. The maximum absolute atomic E-state index is 13.7. The van der Waals surface area contributed by atoms with Crippen molar-refractivity contribution >= 4 is 34.8 Å². The molecule has 0 N–H and O–H groups in total. The molecule has 59 heavy (non-hydrogen) atoms. The molecule has 0 aliphatic carbocycles. The number of carbonyl (C=O) groups is 4. The fourth-order valence-corrected chi connectivity index (χ4v) is 6.78. The second kappa shape index (κ2) is 23.7. The summed E-state index contributed by atoms with van der Waals surface area (Å²) in [5, 5.41) is 0.953. The second-order valence-electron chi connectivity index (χ2n) is 14.0. The van der Waals surface area contributed by atoms with Crippen molar-refractivity contribution in [3.63, 3.8) is 0 Å². The first-order chi connectivity index (χ1) is 28.8. The Balaban J connectivity index is 0.896. The minimum Gasteiger partial charge on any atom is -0.463 e. The zero-order chi connectivity index (χ0) is 41.9. The van der Waals surface area contributed by atoms with E-state index in [9.17, 15) is 24.0 Å². The summed E-state index contributed by atoms with van der Waals surface area (Å²) in [6, 6.07) is 11.4. The Morgan fingerprint density at radius 1 is 0.712 bits per heavy atom. The summed E-state index contributed by atoms with van der Waals surface area (Å²) in [5.74, 6) is -2.14. The molecule has 0 spiro atoms. The van der Waals surface area contributed by atoms with Crippen molar-refractivity contribution in [3.8, 4) is 11.4 Å². The lowest BCUT2D eigenvalue weighted by molar-refractivity contribution is -0.189. The monoisotopic (exact) mass is 824 g/mol. The summed E-state index contributed by atoms with van der Waals surface area (Å²) in [4.78, 5) is 68.7. The van der Waals surface area contributed by atoms with E-state index in [2.05, 4.69) is 6.92 Å². The van der Waals surface area contributed by atoms with E-state index in [1.54, 1.807) is 17.6 Å². The zero-order valence-electron chi connectivity index (χ0n) is 34.1. The van der Waals surface area contributed by atoms with E-state index >= 15 is 0 Å². The maximum atomic E-state index is 13.7. The quantitative estimate of drug-likeness (QED) is 0.0441. The molecule has 322 valence electrons. The number of rotatable bonds is 28. The molecule has 2 aromatic heterocycles. The third-order valence-electron chi connectivity index (χ3n) is 9.89. The maximum Gasteiger partial charge on any atom is 0.355 e. The number of nitrogens with zero attached hydrogens (tertiary/aromatic N) is 2. The molecule has 0 radical (unpaired) electrons. The molecule has 2 aliphatic heterocycles.